The lowest BCUT2D eigenvalue weighted by Crippen LogP contribution is -2.27. The van der Waals surface area contributed by atoms with E-state index in [4.69, 9.17) is 5.84 Å². The van der Waals surface area contributed by atoms with Gasteiger partial charge < -0.3 is 0 Å². The third-order valence-electron chi connectivity index (χ3n) is 1.32. The van der Waals surface area contributed by atoms with Crippen LogP contribution in [0.15, 0.2) is 31.2 Å². The van der Waals surface area contributed by atoms with Gasteiger partial charge in [-0.2, -0.15) is 0 Å². The highest BCUT2D eigenvalue weighted by Crippen LogP contribution is 2.06. The van der Waals surface area contributed by atoms with Gasteiger partial charge >= 0.3 is 0 Å². The highest BCUT2D eigenvalue weighted by atomic mass is 15.2. The SMILES string of the molecule is C=CC(NN)c1cnccn1. The van der Waals surface area contributed by atoms with Gasteiger partial charge in [0.25, 0.3) is 0 Å². The van der Waals surface area contributed by atoms with E-state index in [1.54, 1.807) is 24.7 Å². The molecule has 0 spiro atoms. The Kier molecular flexibility index (Phi) is 2.71. The molecule has 3 N–H and O–H groups in total. The first-order valence-electron chi connectivity index (χ1n) is 3.23. The van der Waals surface area contributed by atoms with E-state index in [1.165, 1.54) is 0 Å². The van der Waals surface area contributed by atoms with Crippen molar-refractivity contribution in [3.8, 4) is 0 Å². The average Bonchev–Trinajstić information content (AvgIpc) is 2.09. The maximum absolute atomic E-state index is 5.23. The van der Waals surface area contributed by atoms with Crippen molar-refractivity contribution in [1.29, 1.82) is 0 Å². The molecule has 0 fully saturated rings. The first-order chi connectivity index (χ1) is 5.38. The van der Waals surface area contributed by atoms with Gasteiger partial charge in [0.05, 0.1) is 17.9 Å². The summed E-state index contributed by atoms with van der Waals surface area (Å²) >= 11 is 0. The molecule has 0 amide bonds. The van der Waals surface area contributed by atoms with Crippen LogP contribution in [0.25, 0.3) is 0 Å². The van der Waals surface area contributed by atoms with E-state index < -0.39 is 0 Å². The molecule has 4 nitrogen and oxygen atoms in total. The van der Waals surface area contributed by atoms with Gasteiger partial charge in [-0.15, -0.1) is 6.58 Å². The van der Waals surface area contributed by atoms with Crippen molar-refractivity contribution < 1.29 is 0 Å². The van der Waals surface area contributed by atoms with E-state index in [0.717, 1.165) is 5.69 Å². The Balaban J connectivity index is 2.82. The molecule has 4 heteroatoms. The molecule has 0 aliphatic heterocycles. The number of hydrogen-bond donors (Lipinski definition) is 2. The number of hydrazine groups is 1. The number of nitrogens with zero attached hydrogens (tertiary/aromatic N) is 2. The van der Waals surface area contributed by atoms with Crippen molar-refractivity contribution in [1.82, 2.24) is 15.4 Å². The van der Waals surface area contributed by atoms with E-state index in [0.29, 0.717) is 0 Å². The fourth-order valence-corrected chi connectivity index (χ4v) is 0.745. The first-order valence-corrected chi connectivity index (χ1v) is 3.23. The largest absolute Gasteiger partial charge is 0.271 e. The van der Waals surface area contributed by atoms with E-state index >= 15 is 0 Å². The molecule has 1 heterocycles. The number of rotatable bonds is 3. The molecule has 1 rings (SSSR count). The maximum atomic E-state index is 5.23. The lowest BCUT2D eigenvalue weighted by molar-refractivity contribution is 0.636. The van der Waals surface area contributed by atoms with Crippen LogP contribution in [0.1, 0.15) is 11.7 Å². The van der Waals surface area contributed by atoms with Crippen molar-refractivity contribution in [2.75, 3.05) is 0 Å². The Hall–Kier alpha value is -1.26. The Morgan fingerprint density at radius 2 is 2.45 bits per heavy atom. The molecule has 0 saturated heterocycles. The summed E-state index contributed by atoms with van der Waals surface area (Å²) in [6, 6.07) is -0.122. The first kappa shape index (κ1) is 7.84. The fraction of sp³-hybridized carbons (Fsp3) is 0.143. The van der Waals surface area contributed by atoms with E-state index in [2.05, 4.69) is 22.0 Å². The van der Waals surface area contributed by atoms with Gasteiger partial charge in [0.1, 0.15) is 0 Å². The summed E-state index contributed by atoms with van der Waals surface area (Å²) in [5, 5.41) is 0. The Labute approximate surface area is 65.1 Å². The molecule has 0 radical (unpaired) electrons. The maximum Gasteiger partial charge on any atom is 0.0825 e. The van der Waals surface area contributed by atoms with Crippen molar-refractivity contribution in [2.45, 2.75) is 6.04 Å². The van der Waals surface area contributed by atoms with Gasteiger partial charge in [-0.05, 0) is 0 Å². The van der Waals surface area contributed by atoms with Crippen molar-refractivity contribution in [2.24, 2.45) is 5.84 Å². The van der Waals surface area contributed by atoms with Crippen LogP contribution in [0, 0.1) is 0 Å². The monoisotopic (exact) mass is 150 g/mol. The van der Waals surface area contributed by atoms with Gasteiger partial charge in [0, 0.05) is 12.4 Å². The standard InChI is InChI=1S/C7H10N4/c1-2-6(11-8)7-5-9-3-4-10-7/h2-6,11H,1,8H2. The van der Waals surface area contributed by atoms with Gasteiger partial charge in [-0.25, -0.2) is 5.43 Å². The van der Waals surface area contributed by atoms with E-state index in [1.807, 2.05) is 0 Å². The van der Waals surface area contributed by atoms with Crippen LogP contribution in [0.2, 0.25) is 0 Å². The molecule has 58 valence electrons. The number of aromatic nitrogens is 2. The molecule has 1 unspecified atom stereocenters. The molecular formula is C7H10N4. The number of nitrogens with two attached hydrogens (primary N) is 1. The summed E-state index contributed by atoms with van der Waals surface area (Å²) in [5.74, 6) is 5.23. The van der Waals surface area contributed by atoms with Crippen molar-refractivity contribution in [3.05, 3.63) is 36.9 Å². The third-order valence-corrected chi connectivity index (χ3v) is 1.32. The zero-order valence-electron chi connectivity index (χ0n) is 6.07. The molecule has 1 atom stereocenters. The number of hydrogen-bond acceptors (Lipinski definition) is 4. The van der Waals surface area contributed by atoms with Gasteiger partial charge in [0.15, 0.2) is 0 Å². The minimum absolute atomic E-state index is 0.122. The third kappa shape index (κ3) is 1.83. The van der Waals surface area contributed by atoms with Crippen LogP contribution in [-0.4, -0.2) is 9.97 Å². The normalized spacial score (nSPS) is 12.5. The van der Waals surface area contributed by atoms with Crippen LogP contribution in [-0.2, 0) is 0 Å². The Morgan fingerprint density at radius 1 is 1.64 bits per heavy atom. The molecule has 11 heavy (non-hydrogen) atoms. The zero-order chi connectivity index (χ0) is 8.10. The molecule has 0 bridgehead atoms. The lowest BCUT2D eigenvalue weighted by Gasteiger charge is -2.07. The second kappa shape index (κ2) is 3.80. The quantitative estimate of drug-likeness (QED) is 0.366. The summed E-state index contributed by atoms with van der Waals surface area (Å²) < 4.78 is 0. The average molecular weight is 150 g/mol. The summed E-state index contributed by atoms with van der Waals surface area (Å²) in [6.45, 7) is 3.60. The zero-order valence-corrected chi connectivity index (χ0v) is 6.07. The topological polar surface area (TPSA) is 63.8 Å². The summed E-state index contributed by atoms with van der Waals surface area (Å²) in [6.07, 6.45) is 6.54. The number of nitrogens with one attached hydrogen (secondary N) is 1. The molecule has 0 aromatic carbocycles. The minimum Gasteiger partial charge on any atom is -0.271 e. The molecule has 1 aromatic rings. The minimum atomic E-state index is -0.122. The molecule has 0 aliphatic rings. The van der Waals surface area contributed by atoms with Crippen LogP contribution < -0.4 is 11.3 Å². The predicted octanol–water partition coefficient (Wildman–Crippen LogP) is 0.167. The van der Waals surface area contributed by atoms with E-state index in [-0.39, 0.29) is 6.04 Å². The van der Waals surface area contributed by atoms with E-state index in [9.17, 15) is 0 Å². The van der Waals surface area contributed by atoms with Crippen molar-refractivity contribution >= 4 is 0 Å². The molecule has 1 aromatic heterocycles. The second-order valence-corrected chi connectivity index (χ2v) is 2.01. The second-order valence-electron chi connectivity index (χ2n) is 2.01. The van der Waals surface area contributed by atoms with Crippen LogP contribution in [0.5, 0.6) is 0 Å². The molecular weight excluding hydrogens is 140 g/mol. The van der Waals surface area contributed by atoms with Gasteiger partial charge in [-0.1, -0.05) is 6.08 Å². The smallest absolute Gasteiger partial charge is 0.0825 e. The predicted molar refractivity (Wildman–Crippen MR) is 42.3 cm³/mol. The lowest BCUT2D eigenvalue weighted by atomic mass is 10.2. The summed E-state index contributed by atoms with van der Waals surface area (Å²) in [5.41, 5.74) is 3.32. The Bertz CT molecular complexity index is 221. The molecule has 0 aliphatic carbocycles. The van der Waals surface area contributed by atoms with Crippen LogP contribution in [0.3, 0.4) is 0 Å². The van der Waals surface area contributed by atoms with Gasteiger partial charge in [-0.3, -0.25) is 15.8 Å². The molecule has 0 saturated carbocycles. The highest BCUT2D eigenvalue weighted by molar-refractivity contribution is 5.07. The Morgan fingerprint density at radius 3 is 2.91 bits per heavy atom. The summed E-state index contributed by atoms with van der Waals surface area (Å²) in [7, 11) is 0. The fourth-order valence-electron chi connectivity index (χ4n) is 0.745. The summed E-state index contributed by atoms with van der Waals surface area (Å²) in [4.78, 5) is 7.94. The van der Waals surface area contributed by atoms with Gasteiger partial charge in [0.2, 0.25) is 0 Å². The van der Waals surface area contributed by atoms with Crippen LogP contribution >= 0.6 is 0 Å². The van der Waals surface area contributed by atoms with Crippen LogP contribution in [0.4, 0.5) is 0 Å². The highest BCUT2D eigenvalue weighted by Gasteiger charge is 2.04. The van der Waals surface area contributed by atoms with Crippen molar-refractivity contribution in [3.63, 3.8) is 0 Å².